The van der Waals surface area contributed by atoms with E-state index in [4.69, 9.17) is 9.47 Å². The highest BCUT2D eigenvalue weighted by Crippen LogP contribution is 2.26. The van der Waals surface area contributed by atoms with Crippen LogP contribution >= 0.6 is 0 Å². The summed E-state index contributed by atoms with van der Waals surface area (Å²) in [4.78, 5) is 11.8. The fourth-order valence-corrected chi connectivity index (χ4v) is 2.25. The van der Waals surface area contributed by atoms with Crippen LogP contribution < -0.4 is 4.74 Å². The summed E-state index contributed by atoms with van der Waals surface area (Å²) in [5, 5.41) is 0. The summed E-state index contributed by atoms with van der Waals surface area (Å²) in [5.74, 6) is 0.278. The summed E-state index contributed by atoms with van der Waals surface area (Å²) in [6.45, 7) is 2.18. The summed E-state index contributed by atoms with van der Waals surface area (Å²) in [5.41, 5.74) is 0.501. The molecule has 0 amide bonds. The zero-order valence-corrected chi connectivity index (χ0v) is 10.8. The van der Waals surface area contributed by atoms with Gasteiger partial charge in [0.05, 0.1) is 12.7 Å². The normalized spacial score (nSPS) is 16.3. The molecule has 1 aromatic carbocycles. The monoisotopic (exact) mass is 247 g/mol. The average molecular weight is 247 g/mol. The number of hydrogen-bond donors (Lipinski definition) is 0. The van der Waals surface area contributed by atoms with Crippen LogP contribution in [0.1, 0.15) is 49.4 Å². The van der Waals surface area contributed by atoms with Crippen molar-refractivity contribution in [3.63, 3.8) is 0 Å². The van der Waals surface area contributed by atoms with Crippen molar-refractivity contribution in [1.82, 2.24) is 0 Å². The lowest BCUT2D eigenvalue weighted by molar-refractivity contribution is 0.0516. The first-order valence-electron chi connectivity index (χ1n) is 6.65. The van der Waals surface area contributed by atoms with Crippen molar-refractivity contribution in [3.8, 4) is 5.75 Å². The summed E-state index contributed by atoms with van der Waals surface area (Å²) >= 11 is 0. The first-order chi connectivity index (χ1) is 8.81. The predicted molar refractivity (Wildman–Crippen MR) is 68.7 cm³/mol. The first kappa shape index (κ1) is 12.9. The summed E-state index contributed by atoms with van der Waals surface area (Å²) in [7, 11) is 0. The molecule has 3 nitrogen and oxygen atoms in total. The van der Waals surface area contributed by atoms with Crippen molar-refractivity contribution in [2.75, 3.05) is 6.61 Å². The second kappa shape index (κ2) is 6.43. The van der Waals surface area contributed by atoms with E-state index in [1.807, 2.05) is 0 Å². The van der Waals surface area contributed by atoms with Gasteiger partial charge < -0.3 is 9.47 Å². The first-order valence-corrected chi connectivity index (χ1v) is 6.65. The molecule has 97 valence electrons. The third-order valence-electron chi connectivity index (χ3n) is 3.17. The van der Waals surface area contributed by atoms with Gasteiger partial charge in [-0.1, -0.05) is 12.5 Å². The molecular formula is C15H19O3. The number of benzene rings is 1. The Morgan fingerprint density at radius 2 is 2.17 bits per heavy atom. The third kappa shape index (κ3) is 3.25. The molecule has 0 unspecified atom stereocenters. The second-order valence-electron chi connectivity index (χ2n) is 4.52. The molecule has 1 saturated carbocycles. The van der Waals surface area contributed by atoms with Gasteiger partial charge in [0.25, 0.3) is 0 Å². The van der Waals surface area contributed by atoms with Gasteiger partial charge in [0.1, 0.15) is 11.3 Å². The van der Waals surface area contributed by atoms with E-state index in [-0.39, 0.29) is 12.1 Å². The van der Waals surface area contributed by atoms with Crippen molar-refractivity contribution >= 4 is 5.97 Å². The SMILES string of the molecule is CCOC(=O)c1cc[c]cc1OC1CCCCC1. The molecule has 0 heterocycles. The van der Waals surface area contributed by atoms with Crippen molar-refractivity contribution in [3.05, 3.63) is 29.8 Å². The van der Waals surface area contributed by atoms with Gasteiger partial charge >= 0.3 is 5.97 Å². The van der Waals surface area contributed by atoms with Gasteiger partial charge in [-0.2, -0.15) is 0 Å². The van der Waals surface area contributed by atoms with Crippen LogP contribution in [0.2, 0.25) is 0 Å². The molecule has 1 radical (unpaired) electrons. The molecule has 1 aromatic rings. The Bertz CT molecular complexity index is 394. The van der Waals surface area contributed by atoms with Crippen molar-refractivity contribution in [2.24, 2.45) is 0 Å². The maximum absolute atomic E-state index is 11.8. The van der Waals surface area contributed by atoms with E-state index in [0.717, 1.165) is 12.8 Å². The largest absolute Gasteiger partial charge is 0.490 e. The lowest BCUT2D eigenvalue weighted by Gasteiger charge is -2.23. The van der Waals surface area contributed by atoms with Crippen LogP contribution in [0.5, 0.6) is 5.75 Å². The molecule has 18 heavy (non-hydrogen) atoms. The van der Waals surface area contributed by atoms with E-state index in [9.17, 15) is 4.79 Å². The van der Waals surface area contributed by atoms with Gasteiger partial charge in [0, 0.05) is 0 Å². The van der Waals surface area contributed by atoms with Crippen LogP contribution in [0, 0.1) is 6.07 Å². The van der Waals surface area contributed by atoms with Crippen LogP contribution in [0.3, 0.4) is 0 Å². The van der Waals surface area contributed by atoms with Crippen molar-refractivity contribution < 1.29 is 14.3 Å². The molecule has 0 spiro atoms. The lowest BCUT2D eigenvalue weighted by atomic mass is 9.97. The van der Waals surface area contributed by atoms with E-state index in [2.05, 4.69) is 6.07 Å². The zero-order valence-electron chi connectivity index (χ0n) is 10.8. The van der Waals surface area contributed by atoms with Crippen LogP contribution in [0.25, 0.3) is 0 Å². The average Bonchev–Trinajstić information content (AvgIpc) is 2.41. The Kier molecular flexibility index (Phi) is 4.62. The zero-order chi connectivity index (χ0) is 12.8. The minimum atomic E-state index is -0.322. The van der Waals surface area contributed by atoms with E-state index in [1.165, 1.54) is 19.3 Å². The summed E-state index contributed by atoms with van der Waals surface area (Å²) < 4.78 is 10.9. The molecule has 1 aliphatic rings. The third-order valence-corrected chi connectivity index (χ3v) is 3.17. The van der Waals surface area contributed by atoms with Gasteiger partial charge in [-0.25, -0.2) is 4.79 Å². The fraction of sp³-hybridized carbons (Fsp3) is 0.533. The highest BCUT2D eigenvalue weighted by Gasteiger charge is 2.19. The lowest BCUT2D eigenvalue weighted by Crippen LogP contribution is -2.21. The van der Waals surface area contributed by atoms with Crippen molar-refractivity contribution in [2.45, 2.75) is 45.1 Å². The highest BCUT2D eigenvalue weighted by molar-refractivity contribution is 5.92. The van der Waals surface area contributed by atoms with E-state index >= 15 is 0 Å². The number of ether oxygens (including phenoxy) is 2. The van der Waals surface area contributed by atoms with E-state index < -0.39 is 0 Å². The van der Waals surface area contributed by atoms with Gasteiger partial charge in [-0.3, -0.25) is 0 Å². The maximum Gasteiger partial charge on any atom is 0.341 e. The molecule has 1 aliphatic carbocycles. The number of rotatable bonds is 4. The molecule has 0 bridgehead atoms. The number of hydrogen-bond acceptors (Lipinski definition) is 3. The van der Waals surface area contributed by atoms with Crippen LogP contribution in [-0.4, -0.2) is 18.7 Å². The van der Waals surface area contributed by atoms with Crippen LogP contribution in [0.4, 0.5) is 0 Å². The molecule has 0 aromatic heterocycles. The summed E-state index contributed by atoms with van der Waals surface area (Å²) in [6, 6.07) is 8.09. The van der Waals surface area contributed by atoms with E-state index in [1.54, 1.807) is 25.1 Å². The Morgan fingerprint density at radius 1 is 1.39 bits per heavy atom. The molecule has 2 rings (SSSR count). The predicted octanol–water partition coefficient (Wildman–Crippen LogP) is 3.37. The summed E-state index contributed by atoms with van der Waals surface area (Å²) in [6.07, 6.45) is 6.05. The smallest absolute Gasteiger partial charge is 0.341 e. The van der Waals surface area contributed by atoms with E-state index in [0.29, 0.717) is 17.9 Å². The minimum absolute atomic E-state index is 0.225. The maximum atomic E-state index is 11.8. The Hall–Kier alpha value is -1.51. The van der Waals surface area contributed by atoms with Gasteiger partial charge in [-0.15, -0.1) is 0 Å². The number of esters is 1. The fourth-order valence-electron chi connectivity index (χ4n) is 2.25. The highest BCUT2D eigenvalue weighted by atomic mass is 16.5. The Morgan fingerprint density at radius 3 is 2.89 bits per heavy atom. The molecule has 1 fully saturated rings. The molecule has 0 aliphatic heterocycles. The Labute approximate surface area is 108 Å². The van der Waals surface area contributed by atoms with Crippen LogP contribution in [-0.2, 0) is 4.74 Å². The van der Waals surface area contributed by atoms with Crippen molar-refractivity contribution in [1.29, 1.82) is 0 Å². The molecular weight excluding hydrogens is 228 g/mol. The number of carbonyl (C=O) groups is 1. The second-order valence-corrected chi connectivity index (χ2v) is 4.52. The minimum Gasteiger partial charge on any atom is -0.490 e. The molecule has 0 atom stereocenters. The van der Waals surface area contributed by atoms with Gasteiger partial charge in [-0.05, 0) is 50.8 Å². The molecule has 0 N–H and O–H groups in total. The standard InChI is InChI=1S/C15H19O3/c1-2-17-15(16)13-10-6-7-11-14(13)18-12-8-4-3-5-9-12/h6,10-12H,2-5,8-9H2,1H3. The van der Waals surface area contributed by atoms with Gasteiger partial charge in [0.2, 0.25) is 0 Å². The number of carbonyl (C=O) groups excluding carboxylic acids is 1. The topological polar surface area (TPSA) is 35.5 Å². The molecule has 3 heteroatoms. The van der Waals surface area contributed by atoms with Gasteiger partial charge in [0.15, 0.2) is 0 Å². The quantitative estimate of drug-likeness (QED) is 0.765. The molecule has 0 saturated heterocycles. The van der Waals surface area contributed by atoms with Crippen LogP contribution in [0.15, 0.2) is 18.2 Å². The Balaban J connectivity index is 2.08.